The highest BCUT2D eigenvalue weighted by atomic mass is 127. The Balaban J connectivity index is 0.00000420. The standard InChI is InChI=1S/C21H32N4O3.HI/c1-6-16(7-2)20-12-19(28-25-20)14-24-21(22-4)23-13-15(3)27-18-10-8-9-17(11-18)26-5;/h8-12,15-16H,6-7,13-14H2,1-5H3,(H2,22,23,24);1H. The topological polar surface area (TPSA) is 80.9 Å². The Bertz CT molecular complexity index is 747. The maximum Gasteiger partial charge on any atom is 0.191 e. The smallest absolute Gasteiger partial charge is 0.191 e. The minimum atomic E-state index is -0.0441. The van der Waals surface area contributed by atoms with Crippen molar-refractivity contribution in [1.29, 1.82) is 0 Å². The molecule has 1 aromatic carbocycles. The van der Waals surface area contributed by atoms with Gasteiger partial charge in [0.15, 0.2) is 11.7 Å². The molecule has 0 spiro atoms. The van der Waals surface area contributed by atoms with Gasteiger partial charge < -0.3 is 24.6 Å². The maximum absolute atomic E-state index is 5.92. The second-order valence-corrected chi connectivity index (χ2v) is 6.65. The van der Waals surface area contributed by atoms with E-state index >= 15 is 0 Å². The summed E-state index contributed by atoms with van der Waals surface area (Å²) in [5, 5.41) is 10.7. The molecular formula is C21H33IN4O3. The zero-order chi connectivity index (χ0) is 20.4. The first-order chi connectivity index (χ1) is 13.6. The summed E-state index contributed by atoms with van der Waals surface area (Å²) in [4.78, 5) is 4.24. The van der Waals surface area contributed by atoms with Gasteiger partial charge in [-0.1, -0.05) is 25.1 Å². The third-order valence-corrected chi connectivity index (χ3v) is 4.57. The van der Waals surface area contributed by atoms with Gasteiger partial charge in [0.05, 0.1) is 25.9 Å². The number of guanidine groups is 1. The molecule has 0 saturated heterocycles. The van der Waals surface area contributed by atoms with Crippen LogP contribution in [0.5, 0.6) is 11.5 Å². The van der Waals surface area contributed by atoms with Crippen LogP contribution in [0.3, 0.4) is 0 Å². The molecule has 0 saturated carbocycles. The van der Waals surface area contributed by atoms with Gasteiger partial charge in [0, 0.05) is 25.1 Å². The molecule has 2 aromatic rings. The first kappa shape index (κ1) is 25.1. The van der Waals surface area contributed by atoms with Gasteiger partial charge in [0.1, 0.15) is 17.6 Å². The summed E-state index contributed by atoms with van der Waals surface area (Å²) < 4.78 is 16.6. The van der Waals surface area contributed by atoms with Crippen LogP contribution in [0.15, 0.2) is 39.8 Å². The van der Waals surface area contributed by atoms with Crippen molar-refractivity contribution in [3.8, 4) is 11.5 Å². The van der Waals surface area contributed by atoms with Crippen LogP contribution in [-0.4, -0.2) is 37.9 Å². The largest absolute Gasteiger partial charge is 0.497 e. The average molecular weight is 516 g/mol. The lowest BCUT2D eigenvalue weighted by Gasteiger charge is -2.17. The van der Waals surface area contributed by atoms with Crippen LogP contribution >= 0.6 is 24.0 Å². The normalized spacial score (nSPS) is 12.3. The lowest BCUT2D eigenvalue weighted by Crippen LogP contribution is -2.41. The highest BCUT2D eigenvalue weighted by Gasteiger charge is 2.13. The fraction of sp³-hybridized carbons (Fsp3) is 0.524. The molecule has 1 heterocycles. The van der Waals surface area contributed by atoms with Crippen molar-refractivity contribution in [2.45, 2.75) is 52.2 Å². The molecule has 0 fully saturated rings. The van der Waals surface area contributed by atoms with Crippen LogP contribution in [0, 0.1) is 0 Å². The van der Waals surface area contributed by atoms with Gasteiger partial charge >= 0.3 is 0 Å². The molecule has 1 unspecified atom stereocenters. The van der Waals surface area contributed by atoms with E-state index in [0.29, 0.717) is 25.0 Å². The fourth-order valence-corrected chi connectivity index (χ4v) is 2.89. The Kier molecular flexibility index (Phi) is 11.5. The van der Waals surface area contributed by atoms with Crippen molar-refractivity contribution in [1.82, 2.24) is 15.8 Å². The van der Waals surface area contributed by atoms with E-state index in [-0.39, 0.29) is 30.1 Å². The first-order valence-corrected chi connectivity index (χ1v) is 9.80. The van der Waals surface area contributed by atoms with Crippen molar-refractivity contribution in [2.24, 2.45) is 4.99 Å². The van der Waals surface area contributed by atoms with Crippen molar-refractivity contribution in [3.05, 3.63) is 41.8 Å². The molecule has 0 bridgehead atoms. The second-order valence-electron chi connectivity index (χ2n) is 6.65. The number of halogens is 1. The highest BCUT2D eigenvalue weighted by Crippen LogP contribution is 2.22. The number of nitrogens with one attached hydrogen (secondary N) is 2. The molecular weight excluding hydrogens is 483 g/mol. The third-order valence-electron chi connectivity index (χ3n) is 4.57. The number of nitrogens with zero attached hydrogens (tertiary/aromatic N) is 2. The number of aliphatic imine (C=N–C) groups is 1. The van der Waals surface area contributed by atoms with Crippen LogP contribution in [0.25, 0.3) is 0 Å². The summed E-state index contributed by atoms with van der Waals surface area (Å²) in [5.41, 5.74) is 1.02. The third kappa shape index (κ3) is 8.12. The molecule has 1 aromatic heterocycles. The lowest BCUT2D eigenvalue weighted by atomic mass is 9.99. The minimum Gasteiger partial charge on any atom is -0.497 e. The summed E-state index contributed by atoms with van der Waals surface area (Å²) in [5.74, 6) is 3.47. The van der Waals surface area contributed by atoms with E-state index in [9.17, 15) is 0 Å². The van der Waals surface area contributed by atoms with Gasteiger partial charge in [-0.2, -0.15) is 0 Å². The molecule has 0 amide bonds. The van der Waals surface area contributed by atoms with E-state index in [2.05, 4.69) is 34.6 Å². The Labute approximate surface area is 190 Å². The minimum absolute atomic E-state index is 0. The second kappa shape index (κ2) is 13.3. The van der Waals surface area contributed by atoms with Gasteiger partial charge in [-0.3, -0.25) is 4.99 Å². The predicted molar refractivity (Wildman–Crippen MR) is 127 cm³/mol. The Morgan fingerprint density at radius 3 is 2.55 bits per heavy atom. The van der Waals surface area contributed by atoms with Crippen LogP contribution in [-0.2, 0) is 6.54 Å². The highest BCUT2D eigenvalue weighted by molar-refractivity contribution is 14.0. The zero-order valence-corrected chi connectivity index (χ0v) is 20.2. The first-order valence-electron chi connectivity index (χ1n) is 9.80. The molecule has 2 rings (SSSR count). The maximum atomic E-state index is 5.92. The number of ether oxygens (including phenoxy) is 2. The van der Waals surface area contributed by atoms with Crippen molar-refractivity contribution < 1.29 is 14.0 Å². The SMILES string of the molecule is CCC(CC)c1cc(CNC(=NC)NCC(C)Oc2cccc(OC)c2)on1.I. The summed E-state index contributed by atoms with van der Waals surface area (Å²) >= 11 is 0. The van der Waals surface area contributed by atoms with E-state index in [0.717, 1.165) is 35.8 Å². The molecule has 0 aliphatic heterocycles. The molecule has 0 aliphatic carbocycles. The predicted octanol–water partition coefficient (Wildman–Crippen LogP) is 4.34. The number of benzene rings is 1. The zero-order valence-electron chi connectivity index (χ0n) is 17.9. The van der Waals surface area contributed by atoms with E-state index in [1.807, 2.05) is 37.3 Å². The van der Waals surface area contributed by atoms with Crippen molar-refractivity contribution in [2.75, 3.05) is 20.7 Å². The van der Waals surface area contributed by atoms with Crippen LogP contribution in [0.4, 0.5) is 0 Å². The summed E-state index contributed by atoms with van der Waals surface area (Å²) in [6.45, 7) is 7.46. The number of rotatable bonds is 10. The van der Waals surface area contributed by atoms with E-state index in [1.54, 1.807) is 14.2 Å². The van der Waals surface area contributed by atoms with Crippen LogP contribution in [0.2, 0.25) is 0 Å². The molecule has 1 atom stereocenters. The quantitative estimate of drug-likeness (QED) is 0.278. The Hall–Kier alpha value is -1.97. The molecule has 0 radical (unpaired) electrons. The average Bonchev–Trinajstić information content (AvgIpc) is 3.18. The van der Waals surface area contributed by atoms with Gasteiger partial charge in [-0.25, -0.2) is 0 Å². The van der Waals surface area contributed by atoms with Crippen molar-refractivity contribution in [3.63, 3.8) is 0 Å². The fourth-order valence-electron chi connectivity index (χ4n) is 2.89. The van der Waals surface area contributed by atoms with Crippen LogP contribution in [0.1, 0.15) is 51.0 Å². The van der Waals surface area contributed by atoms with Crippen LogP contribution < -0.4 is 20.1 Å². The molecule has 8 heteroatoms. The Morgan fingerprint density at radius 1 is 1.17 bits per heavy atom. The molecule has 29 heavy (non-hydrogen) atoms. The molecule has 2 N–H and O–H groups in total. The number of aromatic nitrogens is 1. The van der Waals surface area contributed by atoms with Crippen molar-refractivity contribution >= 4 is 29.9 Å². The van der Waals surface area contributed by atoms with E-state index in [1.165, 1.54) is 0 Å². The monoisotopic (exact) mass is 516 g/mol. The van der Waals surface area contributed by atoms with Gasteiger partial charge in [-0.05, 0) is 31.9 Å². The molecule has 162 valence electrons. The van der Waals surface area contributed by atoms with Gasteiger partial charge in [0.2, 0.25) is 0 Å². The van der Waals surface area contributed by atoms with Gasteiger partial charge in [-0.15, -0.1) is 24.0 Å². The molecule has 7 nitrogen and oxygen atoms in total. The Morgan fingerprint density at radius 2 is 1.90 bits per heavy atom. The lowest BCUT2D eigenvalue weighted by molar-refractivity contribution is 0.223. The number of methoxy groups -OCH3 is 1. The summed E-state index contributed by atoms with van der Waals surface area (Å²) in [6.07, 6.45) is 2.08. The summed E-state index contributed by atoms with van der Waals surface area (Å²) in [7, 11) is 3.38. The van der Waals surface area contributed by atoms with Gasteiger partial charge in [0.25, 0.3) is 0 Å². The van der Waals surface area contributed by atoms with E-state index in [4.69, 9.17) is 14.0 Å². The van der Waals surface area contributed by atoms with E-state index < -0.39 is 0 Å². The number of hydrogen-bond acceptors (Lipinski definition) is 5. The number of hydrogen-bond donors (Lipinski definition) is 2. The molecule has 0 aliphatic rings. The summed E-state index contributed by atoms with van der Waals surface area (Å²) in [6, 6.07) is 9.59.